The standard InChI is InChI=1S/C19H20ClN3O3S/c1-11(2)17(24)21-13-5-7-14(8-6-13)22-19(27)23-18(25)12-4-9-16(26-3)15(20)10-12/h4-11H,1-3H3,(H,21,24)(H2,22,23,25,27). The predicted octanol–water partition coefficient (Wildman–Crippen LogP) is 4.07. The van der Waals surface area contributed by atoms with Gasteiger partial charge in [0.2, 0.25) is 5.91 Å². The van der Waals surface area contributed by atoms with Crippen molar-refractivity contribution in [3.63, 3.8) is 0 Å². The second-order valence-electron chi connectivity index (χ2n) is 5.98. The molecule has 2 aromatic carbocycles. The molecule has 0 saturated heterocycles. The molecule has 0 fully saturated rings. The predicted molar refractivity (Wildman–Crippen MR) is 112 cm³/mol. The number of halogens is 1. The fourth-order valence-electron chi connectivity index (χ4n) is 2.07. The molecule has 0 radical (unpaired) electrons. The van der Waals surface area contributed by atoms with Crippen molar-refractivity contribution in [2.75, 3.05) is 17.7 Å². The van der Waals surface area contributed by atoms with Gasteiger partial charge < -0.3 is 15.4 Å². The van der Waals surface area contributed by atoms with Gasteiger partial charge in [-0.15, -0.1) is 0 Å². The van der Waals surface area contributed by atoms with Crippen LogP contribution < -0.4 is 20.7 Å². The summed E-state index contributed by atoms with van der Waals surface area (Å²) in [6.07, 6.45) is 0. The van der Waals surface area contributed by atoms with E-state index in [1.807, 2.05) is 13.8 Å². The molecule has 0 spiro atoms. The minimum Gasteiger partial charge on any atom is -0.495 e. The number of amides is 2. The van der Waals surface area contributed by atoms with E-state index in [0.717, 1.165) is 0 Å². The van der Waals surface area contributed by atoms with Crippen molar-refractivity contribution in [1.82, 2.24) is 5.32 Å². The molecule has 0 heterocycles. The third kappa shape index (κ3) is 5.94. The van der Waals surface area contributed by atoms with Crippen LogP contribution >= 0.6 is 23.8 Å². The maximum Gasteiger partial charge on any atom is 0.257 e. The van der Waals surface area contributed by atoms with Crippen LogP contribution in [0, 0.1) is 5.92 Å². The first-order valence-electron chi connectivity index (χ1n) is 8.17. The summed E-state index contributed by atoms with van der Waals surface area (Å²) < 4.78 is 5.06. The van der Waals surface area contributed by atoms with E-state index in [2.05, 4.69) is 16.0 Å². The minimum absolute atomic E-state index is 0.0587. The van der Waals surface area contributed by atoms with E-state index >= 15 is 0 Å². The Bertz CT molecular complexity index is 854. The van der Waals surface area contributed by atoms with Crippen molar-refractivity contribution in [3.8, 4) is 5.75 Å². The highest BCUT2D eigenvalue weighted by Gasteiger charge is 2.11. The molecule has 0 aliphatic rings. The van der Waals surface area contributed by atoms with E-state index in [9.17, 15) is 9.59 Å². The van der Waals surface area contributed by atoms with E-state index in [4.69, 9.17) is 28.6 Å². The van der Waals surface area contributed by atoms with Gasteiger partial charge in [-0.2, -0.15) is 0 Å². The summed E-state index contributed by atoms with van der Waals surface area (Å²) >= 11 is 11.2. The second-order valence-corrected chi connectivity index (χ2v) is 6.79. The fraction of sp³-hybridized carbons (Fsp3) is 0.211. The van der Waals surface area contributed by atoms with Gasteiger partial charge in [-0.1, -0.05) is 25.4 Å². The summed E-state index contributed by atoms with van der Waals surface area (Å²) in [5.41, 5.74) is 1.72. The monoisotopic (exact) mass is 405 g/mol. The second kappa shape index (κ2) is 9.34. The number of hydrogen-bond acceptors (Lipinski definition) is 4. The number of carbonyl (C=O) groups is 2. The third-order valence-corrected chi connectivity index (χ3v) is 4.08. The van der Waals surface area contributed by atoms with Crippen LogP contribution in [0.5, 0.6) is 5.75 Å². The lowest BCUT2D eigenvalue weighted by atomic mass is 10.2. The highest BCUT2D eigenvalue weighted by Crippen LogP contribution is 2.24. The van der Waals surface area contributed by atoms with Crippen molar-refractivity contribution < 1.29 is 14.3 Å². The lowest BCUT2D eigenvalue weighted by Crippen LogP contribution is -2.34. The van der Waals surface area contributed by atoms with Crippen molar-refractivity contribution >= 4 is 52.1 Å². The van der Waals surface area contributed by atoms with Gasteiger partial charge in [-0.25, -0.2) is 0 Å². The van der Waals surface area contributed by atoms with E-state index < -0.39 is 5.91 Å². The first kappa shape index (κ1) is 20.7. The molecule has 6 nitrogen and oxygen atoms in total. The van der Waals surface area contributed by atoms with Crippen molar-refractivity contribution in [2.24, 2.45) is 5.92 Å². The zero-order valence-corrected chi connectivity index (χ0v) is 16.7. The van der Waals surface area contributed by atoms with Crippen molar-refractivity contribution in [3.05, 3.63) is 53.1 Å². The topological polar surface area (TPSA) is 79.5 Å². The molecule has 3 N–H and O–H groups in total. The molecular formula is C19H20ClN3O3S. The number of anilines is 2. The maximum absolute atomic E-state index is 12.3. The summed E-state index contributed by atoms with van der Waals surface area (Å²) in [5, 5.41) is 8.77. The Morgan fingerprint density at radius 1 is 1.04 bits per heavy atom. The molecular weight excluding hydrogens is 386 g/mol. The summed E-state index contributed by atoms with van der Waals surface area (Å²) in [7, 11) is 1.50. The van der Waals surface area contributed by atoms with Crippen molar-refractivity contribution in [2.45, 2.75) is 13.8 Å². The smallest absolute Gasteiger partial charge is 0.257 e. The summed E-state index contributed by atoms with van der Waals surface area (Å²) in [5.74, 6) is -0.0647. The van der Waals surface area contributed by atoms with Crippen LogP contribution in [0.15, 0.2) is 42.5 Å². The Morgan fingerprint density at radius 2 is 1.63 bits per heavy atom. The van der Waals surface area contributed by atoms with Crippen LogP contribution in [0.2, 0.25) is 5.02 Å². The minimum atomic E-state index is -0.391. The highest BCUT2D eigenvalue weighted by molar-refractivity contribution is 7.80. The van der Waals surface area contributed by atoms with Crippen LogP contribution in [0.25, 0.3) is 0 Å². The molecule has 2 aromatic rings. The van der Waals surface area contributed by atoms with E-state index in [0.29, 0.717) is 27.7 Å². The van der Waals surface area contributed by atoms with Gasteiger partial charge in [-0.3, -0.25) is 14.9 Å². The first-order valence-corrected chi connectivity index (χ1v) is 8.95. The number of rotatable bonds is 5. The van der Waals surface area contributed by atoms with Crippen LogP contribution in [-0.2, 0) is 4.79 Å². The molecule has 0 bridgehead atoms. The molecule has 0 unspecified atom stereocenters. The normalized spacial score (nSPS) is 10.3. The number of methoxy groups -OCH3 is 1. The average molecular weight is 406 g/mol. The Labute approximate surface area is 168 Å². The van der Waals surface area contributed by atoms with Gasteiger partial charge in [0.05, 0.1) is 12.1 Å². The summed E-state index contributed by atoms with van der Waals surface area (Å²) in [6, 6.07) is 11.7. The van der Waals surface area contributed by atoms with Crippen LogP contribution in [0.1, 0.15) is 24.2 Å². The van der Waals surface area contributed by atoms with Crippen molar-refractivity contribution in [1.29, 1.82) is 0 Å². The summed E-state index contributed by atoms with van der Waals surface area (Å²) in [6.45, 7) is 3.64. The zero-order chi connectivity index (χ0) is 20.0. The van der Waals surface area contributed by atoms with E-state index in [1.54, 1.807) is 36.4 Å². The van der Waals surface area contributed by atoms with E-state index in [1.165, 1.54) is 13.2 Å². The number of carbonyl (C=O) groups excluding carboxylic acids is 2. The molecule has 8 heteroatoms. The number of ether oxygens (including phenoxy) is 1. The first-order chi connectivity index (χ1) is 12.8. The van der Waals surface area contributed by atoms with Gasteiger partial charge in [0.1, 0.15) is 5.75 Å². The molecule has 27 heavy (non-hydrogen) atoms. The zero-order valence-electron chi connectivity index (χ0n) is 15.1. The molecule has 0 aromatic heterocycles. The quantitative estimate of drug-likeness (QED) is 0.653. The Balaban J connectivity index is 1.94. The number of benzene rings is 2. The average Bonchev–Trinajstić information content (AvgIpc) is 2.63. The number of nitrogens with one attached hydrogen (secondary N) is 3. The van der Waals surface area contributed by atoms with E-state index in [-0.39, 0.29) is 16.9 Å². The molecule has 2 amide bonds. The molecule has 2 rings (SSSR count). The van der Waals surface area contributed by atoms with Crippen LogP contribution in [0.3, 0.4) is 0 Å². The van der Waals surface area contributed by atoms with Gasteiger partial charge in [0.25, 0.3) is 5.91 Å². The lowest BCUT2D eigenvalue weighted by Gasteiger charge is -2.12. The Kier molecular flexibility index (Phi) is 7.15. The maximum atomic E-state index is 12.3. The van der Waals surface area contributed by atoms with Crippen LogP contribution in [-0.4, -0.2) is 24.0 Å². The van der Waals surface area contributed by atoms with Gasteiger partial charge in [0.15, 0.2) is 5.11 Å². The SMILES string of the molecule is COc1ccc(C(=O)NC(=S)Nc2ccc(NC(=O)C(C)C)cc2)cc1Cl. The highest BCUT2D eigenvalue weighted by atomic mass is 35.5. The summed E-state index contributed by atoms with van der Waals surface area (Å²) in [4.78, 5) is 23.9. The Hall–Kier alpha value is -2.64. The van der Waals surface area contributed by atoms with Gasteiger partial charge in [0, 0.05) is 22.9 Å². The molecule has 0 atom stereocenters. The largest absolute Gasteiger partial charge is 0.495 e. The van der Waals surface area contributed by atoms with Crippen LogP contribution in [0.4, 0.5) is 11.4 Å². The molecule has 0 aliphatic carbocycles. The van der Waals surface area contributed by atoms with Gasteiger partial charge in [-0.05, 0) is 54.7 Å². The molecule has 142 valence electrons. The molecule has 0 aliphatic heterocycles. The van der Waals surface area contributed by atoms with Gasteiger partial charge >= 0.3 is 0 Å². The number of hydrogen-bond donors (Lipinski definition) is 3. The lowest BCUT2D eigenvalue weighted by molar-refractivity contribution is -0.118. The third-order valence-electron chi connectivity index (χ3n) is 3.58. The molecule has 0 saturated carbocycles. The fourth-order valence-corrected chi connectivity index (χ4v) is 2.54. The Morgan fingerprint density at radius 3 is 2.15 bits per heavy atom. The number of thiocarbonyl (C=S) groups is 1.